The van der Waals surface area contributed by atoms with Crippen molar-refractivity contribution in [3.05, 3.63) is 52.1 Å². The Balaban J connectivity index is 3.47. The second-order valence-electron chi connectivity index (χ2n) is 6.24. The molecule has 1 rings (SSSR count). The second-order valence-corrected chi connectivity index (χ2v) is 6.24. The van der Waals surface area contributed by atoms with E-state index >= 15 is 0 Å². The van der Waals surface area contributed by atoms with Crippen LogP contribution in [0.25, 0.3) is 0 Å². The number of hydrogen-bond acceptors (Lipinski definition) is 3. The first-order valence-corrected chi connectivity index (χ1v) is 7.82. The third-order valence-corrected chi connectivity index (χ3v) is 3.36. The molecule has 0 amide bonds. The number of rotatable bonds is 6. The zero-order valence-corrected chi connectivity index (χ0v) is 14.9. The van der Waals surface area contributed by atoms with Crippen molar-refractivity contribution in [1.82, 2.24) is 0 Å². The van der Waals surface area contributed by atoms with E-state index in [1.165, 1.54) is 18.1 Å². The minimum Gasteiger partial charge on any atom is -0.426 e. The summed E-state index contributed by atoms with van der Waals surface area (Å²) < 4.78 is 5.47. The third kappa shape index (κ3) is 6.23. The molecule has 0 N–H and O–H groups in total. The van der Waals surface area contributed by atoms with E-state index in [2.05, 4.69) is 12.2 Å². The molecule has 0 heterocycles. The summed E-state index contributed by atoms with van der Waals surface area (Å²) in [7, 11) is 0. The number of allylic oxidation sites excluding steroid dienone is 4. The molecule has 3 nitrogen and oxygen atoms in total. The van der Waals surface area contributed by atoms with Crippen LogP contribution in [-0.2, 0) is 17.6 Å². The second kappa shape index (κ2) is 8.47. The number of hydrogen-bond donors (Lipinski definition) is 0. The Bertz CT molecular complexity index is 614. The van der Waals surface area contributed by atoms with Crippen LogP contribution in [0.5, 0.6) is 5.75 Å². The molecule has 0 fully saturated rings. The van der Waals surface area contributed by atoms with Gasteiger partial charge in [0.05, 0.1) is 0 Å². The van der Waals surface area contributed by atoms with Gasteiger partial charge in [-0.25, -0.2) is 0 Å². The summed E-state index contributed by atoms with van der Waals surface area (Å²) in [5.74, 6) is 0.242. The Morgan fingerprint density at radius 3 is 1.61 bits per heavy atom. The fourth-order valence-electron chi connectivity index (χ4n) is 2.16. The molecule has 0 aliphatic heterocycles. The van der Waals surface area contributed by atoms with Crippen LogP contribution in [0.2, 0.25) is 0 Å². The maximum atomic E-state index is 11.8. The van der Waals surface area contributed by atoms with E-state index in [9.17, 15) is 9.59 Å². The normalized spacial score (nSPS) is 10.0. The molecule has 0 aliphatic carbocycles. The van der Waals surface area contributed by atoms with Gasteiger partial charge in [0.15, 0.2) is 5.78 Å². The molecule has 124 valence electrons. The number of esters is 1. The Hall–Kier alpha value is -2.16. The van der Waals surface area contributed by atoms with Crippen LogP contribution in [0.15, 0.2) is 35.4 Å². The monoisotopic (exact) mass is 314 g/mol. The molecule has 23 heavy (non-hydrogen) atoms. The van der Waals surface area contributed by atoms with Crippen molar-refractivity contribution in [1.29, 1.82) is 0 Å². The van der Waals surface area contributed by atoms with Crippen molar-refractivity contribution >= 4 is 11.8 Å². The van der Waals surface area contributed by atoms with Gasteiger partial charge in [-0.1, -0.05) is 23.3 Å². The SMILES string of the molecule is CC(=O)Oc1c(CC=C(C)C)cc(C(C)=O)cc1CC=C(C)C. The van der Waals surface area contributed by atoms with Crippen molar-refractivity contribution < 1.29 is 14.3 Å². The summed E-state index contributed by atoms with van der Waals surface area (Å²) in [5, 5.41) is 0. The molecular formula is C20H26O3. The highest BCUT2D eigenvalue weighted by molar-refractivity contribution is 5.95. The van der Waals surface area contributed by atoms with Crippen molar-refractivity contribution in [3.63, 3.8) is 0 Å². The molecule has 0 bridgehead atoms. The van der Waals surface area contributed by atoms with Gasteiger partial charge in [0.2, 0.25) is 0 Å². The van der Waals surface area contributed by atoms with Crippen molar-refractivity contribution in [2.75, 3.05) is 0 Å². The smallest absolute Gasteiger partial charge is 0.308 e. The molecule has 0 aromatic heterocycles. The predicted octanol–water partition coefficient (Wildman–Crippen LogP) is 4.83. The van der Waals surface area contributed by atoms with E-state index in [0.717, 1.165) is 11.1 Å². The number of ketones is 1. The van der Waals surface area contributed by atoms with Gasteiger partial charge in [0, 0.05) is 12.5 Å². The largest absolute Gasteiger partial charge is 0.426 e. The van der Waals surface area contributed by atoms with Gasteiger partial charge in [0.1, 0.15) is 5.75 Å². The van der Waals surface area contributed by atoms with Crippen LogP contribution in [0.3, 0.4) is 0 Å². The Morgan fingerprint density at radius 1 is 0.870 bits per heavy atom. The molecule has 1 aromatic rings. The zero-order valence-electron chi connectivity index (χ0n) is 14.9. The van der Waals surface area contributed by atoms with Gasteiger partial charge >= 0.3 is 5.97 Å². The lowest BCUT2D eigenvalue weighted by atomic mass is 9.97. The third-order valence-electron chi connectivity index (χ3n) is 3.36. The van der Waals surface area contributed by atoms with Crippen LogP contribution < -0.4 is 4.74 Å². The lowest BCUT2D eigenvalue weighted by Gasteiger charge is -2.14. The quantitative estimate of drug-likeness (QED) is 0.327. The molecule has 0 radical (unpaired) electrons. The number of benzene rings is 1. The molecule has 0 unspecified atom stereocenters. The Morgan fingerprint density at radius 2 is 1.30 bits per heavy atom. The van der Waals surface area contributed by atoms with Crippen molar-refractivity contribution in [2.45, 2.75) is 54.4 Å². The van der Waals surface area contributed by atoms with E-state index in [4.69, 9.17) is 4.74 Å². The van der Waals surface area contributed by atoms with E-state index in [0.29, 0.717) is 24.2 Å². The van der Waals surface area contributed by atoms with Gasteiger partial charge < -0.3 is 4.74 Å². The molecule has 0 saturated carbocycles. The summed E-state index contributed by atoms with van der Waals surface area (Å²) in [4.78, 5) is 23.3. The van der Waals surface area contributed by atoms with Crippen molar-refractivity contribution in [3.8, 4) is 5.75 Å². The van der Waals surface area contributed by atoms with Crippen LogP contribution in [0.1, 0.15) is 63.0 Å². The number of carbonyl (C=O) groups is 2. The molecule has 3 heteroatoms. The summed E-state index contributed by atoms with van der Waals surface area (Å²) in [6.45, 7) is 11.0. The topological polar surface area (TPSA) is 43.4 Å². The summed E-state index contributed by atoms with van der Waals surface area (Å²) in [6.07, 6.45) is 5.40. The Labute approximate surface area is 139 Å². The van der Waals surface area contributed by atoms with Crippen molar-refractivity contribution in [2.24, 2.45) is 0 Å². The van der Waals surface area contributed by atoms with E-state index in [1.807, 2.05) is 39.8 Å². The van der Waals surface area contributed by atoms with E-state index in [-0.39, 0.29) is 11.8 Å². The van der Waals surface area contributed by atoms with E-state index < -0.39 is 0 Å². The van der Waals surface area contributed by atoms with Gasteiger partial charge in [-0.3, -0.25) is 9.59 Å². The molecule has 0 aliphatic rings. The fourth-order valence-corrected chi connectivity index (χ4v) is 2.16. The summed E-state index contributed by atoms with van der Waals surface area (Å²) in [5.41, 5.74) is 4.74. The summed E-state index contributed by atoms with van der Waals surface area (Å²) >= 11 is 0. The lowest BCUT2D eigenvalue weighted by Crippen LogP contribution is -2.08. The first kappa shape index (κ1) is 18.9. The molecule has 0 saturated heterocycles. The average Bonchev–Trinajstić information content (AvgIpc) is 2.43. The summed E-state index contributed by atoms with van der Waals surface area (Å²) in [6, 6.07) is 3.65. The van der Waals surface area contributed by atoms with Gasteiger partial charge in [0.25, 0.3) is 0 Å². The number of Topliss-reactive ketones (excluding diaryl/α,β-unsaturated/α-hetero) is 1. The molecule has 0 spiro atoms. The molecular weight excluding hydrogens is 288 g/mol. The predicted molar refractivity (Wildman–Crippen MR) is 94.0 cm³/mol. The van der Waals surface area contributed by atoms with Gasteiger partial charge in [-0.2, -0.15) is 0 Å². The van der Waals surface area contributed by atoms with Gasteiger partial charge in [-0.15, -0.1) is 0 Å². The van der Waals surface area contributed by atoms with Gasteiger partial charge in [-0.05, 0) is 70.7 Å². The fraction of sp³-hybridized carbons (Fsp3) is 0.400. The maximum Gasteiger partial charge on any atom is 0.308 e. The Kier molecular flexibility index (Phi) is 6.95. The number of carbonyl (C=O) groups excluding carboxylic acids is 2. The number of ether oxygens (including phenoxy) is 1. The van der Waals surface area contributed by atoms with Crippen LogP contribution in [0.4, 0.5) is 0 Å². The zero-order chi connectivity index (χ0) is 17.6. The van der Waals surface area contributed by atoms with Crippen LogP contribution >= 0.6 is 0 Å². The highest BCUT2D eigenvalue weighted by Gasteiger charge is 2.15. The standard InChI is InChI=1S/C20H26O3/c1-13(2)7-9-17-11-19(15(5)21)12-18(10-8-14(3)4)20(17)23-16(6)22/h7-8,11-12H,9-10H2,1-6H3. The highest BCUT2D eigenvalue weighted by Crippen LogP contribution is 2.29. The first-order chi connectivity index (χ1) is 10.7. The molecule has 1 aromatic carbocycles. The first-order valence-electron chi connectivity index (χ1n) is 7.82. The molecule has 0 atom stereocenters. The highest BCUT2D eigenvalue weighted by atomic mass is 16.5. The van der Waals surface area contributed by atoms with Crippen LogP contribution in [-0.4, -0.2) is 11.8 Å². The average molecular weight is 314 g/mol. The lowest BCUT2D eigenvalue weighted by molar-refractivity contribution is -0.132. The minimum absolute atomic E-state index is 0.0104. The van der Waals surface area contributed by atoms with E-state index in [1.54, 1.807) is 6.92 Å². The van der Waals surface area contributed by atoms with Crippen LogP contribution in [0, 0.1) is 0 Å². The maximum absolute atomic E-state index is 11.8. The minimum atomic E-state index is -0.350.